The fourth-order valence-corrected chi connectivity index (χ4v) is 1.74. The second-order valence-corrected chi connectivity index (χ2v) is 4.16. The predicted octanol–water partition coefficient (Wildman–Crippen LogP) is 2.81. The minimum Gasteiger partial charge on any atom is -0.478 e. The molecule has 2 rings (SSSR count). The van der Waals surface area contributed by atoms with Crippen LogP contribution in [0, 0.1) is 17.0 Å². The standard InChI is InChI=1S/C13H12N2O5/c1-8-2-4-10(20-8)7-14-12-5-3-9(15(18)19)6-11(12)13(16)17/h2-6,14H,7H2,1H3,(H,16,17). The lowest BCUT2D eigenvalue weighted by molar-refractivity contribution is -0.384. The summed E-state index contributed by atoms with van der Waals surface area (Å²) in [6.45, 7) is 2.10. The van der Waals surface area contributed by atoms with Crippen LogP contribution in [-0.4, -0.2) is 16.0 Å². The van der Waals surface area contributed by atoms with E-state index in [0.29, 0.717) is 18.0 Å². The summed E-state index contributed by atoms with van der Waals surface area (Å²) in [5, 5.41) is 22.6. The van der Waals surface area contributed by atoms with Gasteiger partial charge in [-0.25, -0.2) is 4.79 Å². The molecule has 0 aliphatic heterocycles. The van der Waals surface area contributed by atoms with Crippen LogP contribution in [0.5, 0.6) is 0 Å². The number of hydrogen-bond donors (Lipinski definition) is 2. The van der Waals surface area contributed by atoms with Gasteiger partial charge in [-0.2, -0.15) is 0 Å². The number of nitro benzene ring substituents is 1. The number of carboxylic acids is 1. The Bertz CT molecular complexity index is 663. The first-order valence-corrected chi connectivity index (χ1v) is 5.78. The molecule has 0 aliphatic carbocycles. The smallest absolute Gasteiger partial charge is 0.338 e. The minimum atomic E-state index is -1.23. The Morgan fingerprint density at radius 2 is 2.15 bits per heavy atom. The molecule has 104 valence electrons. The Hall–Kier alpha value is -2.83. The summed E-state index contributed by atoms with van der Waals surface area (Å²) in [6.07, 6.45) is 0. The van der Waals surface area contributed by atoms with Crippen LogP contribution in [0.4, 0.5) is 11.4 Å². The van der Waals surface area contributed by atoms with Crippen molar-refractivity contribution in [1.29, 1.82) is 0 Å². The number of anilines is 1. The van der Waals surface area contributed by atoms with E-state index in [9.17, 15) is 14.9 Å². The molecule has 0 atom stereocenters. The Kier molecular flexibility index (Phi) is 3.69. The monoisotopic (exact) mass is 276 g/mol. The molecule has 2 aromatic rings. The summed E-state index contributed by atoms with van der Waals surface area (Å²) < 4.78 is 5.35. The van der Waals surface area contributed by atoms with E-state index in [1.54, 1.807) is 19.1 Å². The van der Waals surface area contributed by atoms with Gasteiger partial charge < -0.3 is 14.8 Å². The SMILES string of the molecule is Cc1ccc(CNc2ccc([N+](=O)[O-])cc2C(=O)O)o1. The zero-order valence-electron chi connectivity index (χ0n) is 10.6. The third-order valence-electron chi connectivity index (χ3n) is 2.69. The molecule has 0 unspecified atom stereocenters. The highest BCUT2D eigenvalue weighted by Crippen LogP contribution is 2.23. The number of furan rings is 1. The van der Waals surface area contributed by atoms with Gasteiger partial charge in [0.25, 0.3) is 5.69 Å². The number of non-ortho nitro benzene ring substituents is 1. The molecule has 7 nitrogen and oxygen atoms in total. The molecule has 0 amide bonds. The largest absolute Gasteiger partial charge is 0.478 e. The van der Waals surface area contributed by atoms with Crippen LogP contribution in [0.15, 0.2) is 34.7 Å². The van der Waals surface area contributed by atoms with Gasteiger partial charge in [-0.05, 0) is 25.1 Å². The fourth-order valence-electron chi connectivity index (χ4n) is 1.74. The fraction of sp³-hybridized carbons (Fsp3) is 0.154. The molecule has 0 fully saturated rings. The zero-order chi connectivity index (χ0) is 14.7. The van der Waals surface area contributed by atoms with Crippen molar-refractivity contribution in [3.63, 3.8) is 0 Å². The average molecular weight is 276 g/mol. The molecule has 2 N–H and O–H groups in total. The first-order valence-electron chi connectivity index (χ1n) is 5.78. The Morgan fingerprint density at radius 3 is 2.70 bits per heavy atom. The summed E-state index contributed by atoms with van der Waals surface area (Å²) in [4.78, 5) is 21.1. The Labute approximate surface area is 114 Å². The average Bonchev–Trinajstić information content (AvgIpc) is 2.81. The van der Waals surface area contributed by atoms with Crippen molar-refractivity contribution in [3.05, 3.63) is 57.5 Å². The van der Waals surface area contributed by atoms with Gasteiger partial charge in [0, 0.05) is 17.8 Å². The van der Waals surface area contributed by atoms with Crippen LogP contribution in [0.3, 0.4) is 0 Å². The van der Waals surface area contributed by atoms with E-state index in [4.69, 9.17) is 9.52 Å². The number of aromatic carboxylic acids is 1. The predicted molar refractivity (Wildman–Crippen MR) is 70.8 cm³/mol. The lowest BCUT2D eigenvalue weighted by Gasteiger charge is -2.08. The van der Waals surface area contributed by atoms with Gasteiger partial charge in [-0.3, -0.25) is 10.1 Å². The third kappa shape index (κ3) is 2.94. The van der Waals surface area contributed by atoms with Crippen molar-refractivity contribution in [2.45, 2.75) is 13.5 Å². The van der Waals surface area contributed by atoms with Gasteiger partial charge in [0.2, 0.25) is 0 Å². The molecule has 7 heteroatoms. The molecule has 0 bridgehead atoms. The van der Waals surface area contributed by atoms with Gasteiger partial charge in [-0.1, -0.05) is 0 Å². The van der Waals surface area contributed by atoms with Gasteiger partial charge in [-0.15, -0.1) is 0 Å². The molecule has 0 spiro atoms. The van der Waals surface area contributed by atoms with Crippen LogP contribution in [0.1, 0.15) is 21.9 Å². The molecule has 0 aliphatic rings. The number of rotatable bonds is 5. The highest BCUT2D eigenvalue weighted by atomic mass is 16.6. The Morgan fingerprint density at radius 1 is 1.40 bits per heavy atom. The number of nitrogens with zero attached hydrogens (tertiary/aromatic N) is 1. The number of carbonyl (C=O) groups is 1. The highest BCUT2D eigenvalue weighted by molar-refractivity contribution is 5.95. The van der Waals surface area contributed by atoms with E-state index in [1.807, 2.05) is 0 Å². The van der Waals surface area contributed by atoms with Crippen LogP contribution in [-0.2, 0) is 6.54 Å². The third-order valence-corrected chi connectivity index (χ3v) is 2.69. The highest BCUT2D eigenvalue weighted by Gasteiger charge is 2.16. The normalized spacial score (nSPS) is 10.2. The lowest BCUT2D eigenvalue weighted by Crippen LogP contribution is -2.06. The van der Waals surface area contributed by atoms with E-state index >= 15 is 0 Å². The van der Waals surface area contributed by atoms with E-state index in [-0.39, 0.29) is 11.3 Å². The van der Waals surface area contributed by atoms with Crippen molar-refractivity contribution in [2.24, 2.45) is 0 Å². The van der Waals surface area contributed by atoms with E-state index in [0.717, 1.165) is 11.8 Å². The number of aryl methyl sites for hydroxylation is 1. The van der Waals surface area contributed by atoms with Gasteiger partial charge in [0.1, 0.15) is 11.5 Å². The van der Waals surface area contributed by atoms with Crippen LogP contribution < -0.4 is 5.32 Å². The van der Waals surface area contributed by atoms with Crippen LogP contribution >= 0.6 is 0 Å². The number of nitro groups is 1. The topological polar surface area (TPSA) is 106 Å². The van der Waals surface area contributed by atoms with Crippen molar-refractivity contribution in [2.75, 3.05) is 5.32 Å². The lowest BCUT2D eigenvalue weighted by atomic mass is 10.1. The van der Waals surface area contributed by atoms with Gasteiger partial charge >= 0.3 is 5.97 Å². The molecule has 0 saturated carbocycles. The summed E-state index contributed by atoms with van der Waals surface area (Å²) in [7, 11) is 0. The molecule has 0 saturated heterocycles. The minimum absolute atomic E-state index is 0.150. The van der Waals surface area contributed by atoms with Gasteiger partial charge in [0.15, 0.2) is 0 Å². The maximum Gasteiger partial charge on any atom is 0.338 e. The van der Waals surface area contributed by atoms with E-state index in [1.165, 1.54) is 12.1 Å². The first-order chi connectivity index (χ1) is 9.47. The number of carboxylic acid groups (broad SMARTS) is 1. The molecule has 0 radical (unpaired) electrons. The van der Waals surface area contributed by atoms with Gasteiger partial charge in [0.05, 0.1) is 17.0 Å². The molecule has 1 heterocycles. The summed E-state index contributed by atoms with van der Waals surface area (Å²) in [5.41, 5.74) is -0.110. The Balaban J connectivity index is 2.22. The summed E-state index contributed by atoms with van der Waals surface area (Å²) in [6, 6.07) is 7.22. The second kappa shape index (κ2) is 5.43. The quantitative estimate of drug-likeness (QED) is 0.642. The maximum atomic E-state index is 11.1. The molecule has 1 aromatic carbocycles. The second-order valence-electron chi connectivity index (χ2n) is 4.16. The maximum absolute atomic E-state index is 11.1. The molecular weight excluding hydrogens is 264 g/mol. The van der Waals surface area contributed by atoms with Crippen molar-refractivity contribution < 1.29 is 19.2 Å². The summed E-state index contributed by atoms with van der Waals surface area (Å²) in [5.74, 6) is 0.174. The molecule has 20 heavy (non-hydrogen) atoms. The number of benzene rings is 1. The van der Waals surface area contributed by atoms with Crippen LogP contribution in [0.2, 0.25) is 0 Å². The van der Waals surface area contributed by atoms with Crippen molar-refractivity contribution >= 4 is 17.3 Å². The van der Waals surface area contributed by atoms with Crippen molar-refractivity contribution in [3.8, 4) is 0 Å². The number of nitrogens with one attached hydrogen (secondary N) is 1. The van der Waals surface area contributed by atoms with E-state index in [2.05, 4.69) is 5.32 Å². The summed E-state index contributed by atoms with van der Waals surface area (Å²) >= 11 is 0. The number of hydrogen-bond acceptors (Lipinski definition) is 5. The molecule has 1 aromatic heterocycles. The zero-order valence-corrected chi connectivity index (χ0v) is 10.6. The van der Waals surface area contributed by atoms with E-state index < -0.39 is 10.9 Å². The molecular formula is C13H12N2O5. The first kappa shape index (κ1) is 13.6. The van der Waals surface area contributed by atoms with Crippen LogP contribution in [0.25, 0.3) is 0 Å². The van der Waals surface area contributed by atoms with Crippen molar-refractivity contribution in [1.82, 2.24) is 0 Å².